The van der Waals surface area contributed by atoms with Gasteiger partial charge in [-0.05, 0) is 67.8 Å². The Hall–Kier alpha value is -1.51. The van der Waals surface area contributed by atoms with Crippen molar-refractivity contribution in [3.05, 3.63) is 65.5 Å². The van der Waals surface area contributed by atoms with Crippen molar-refractivity contribution in [3.63, 3.8) is 0 Å². The number of methoxy groups -OCH3 is 1. The van der Waals surface area contributed by atoms with E-state index in [1.54, 1.807) is 19.4 Å². The molecule has 0 aliphatic heterocycles. The first-order chi connectivity index (χ1) is 12.4. The number of aryl methyl sites for hydroxylation is 1. The Bertz CT molecular complexity index is 1050. The Labute approximate surface area is 175 Å². The number of aromatic nitrogens is 2. The summed E-state index contributed by atoms with van der Waals surface area (Å²) in [4.78, 5) is 17.4. The number of hydrogen-bond acceptors (Lipinski definition) is 4. The van der Waals surface area contributed by atoms with E-state index in [2.05, 4.69) is 57.9 Å². The van der Waals surface area contributed by atoms with Gasteiger partial charge < -0.3 is 4.74 Å². The van der Waals surface area contributed by atoms with Crippen LogP contribution in [0.3, 0.4) is 0 Å². The van der Waals surface area contributed by atoms with Gasteiger partial charge in [0, 0.05) is 10.9 Å². The molecule has 0 saturated heterocycles. The molecule has 0 atom stereocenters. The highest BCUT2D eigenvalue weighted by molar-refractivity contribution is 9.11. The molecule has 0 aliphatic carbocycles. The van der Waals surface area contributed by atoms with E-state index in [0.29, 0.717) is 28.9 Å². The summed E-state index contributed by atoms with van der Waals surface area (Å²) in [6.07, 6.45) is 2.22. The summed E-state index contributed by atoms with van der Waals surface area (Å²) in [5, 5.41) is 4.90. The van der Waals surface area contributed by atoms with E-state index in [1.807, 2.05) is 31.2 Å². The van der Waals surface area contributed by atoms with Gasteiger partial charge in [0.15, 0.2) is 0 Å². The molecule has 0 N–H and O–H groups in total. The number of nitrogens with zero attached hydrogens (tertiary/aromatic N) is 3. The molecule has 0 radical (unpaired) electrons. The van der Waals surface area contributed by atoms with Crippen LogP contribution in [0.5, 0.6) is 5.75 Å². The van der Waals surface area contributed by atoms with Crippen LogP contribution < -0.4 is 10.3 Å². The quantitative estimate of drug-likeness (QED) is 0.428. The molecular formula is C18H14Br3N3O2. The molecule has 0 unspecified atom stereocenters. The van der Waals surface area contributed by atoms with E-state index in [9.17, 15) is 4.79 Å². The fourth-order valence-corrected chi connectivity index (χ4v) is 4.42. The van der Waals surface area contributed by atoms with Crippen LogP contribution in [0.25, 0.3) is 10.9 Å². The van der Waals surface area contributed by atoms with E-state index in [1.165, 1.54) is 4.68 Å². The molecule has 0 saturated carbocycles. The van der Waals surface area contributed by atoms with Crippen molar-refractivity contribution in [2.24, 2.45) is 5.10 Å². The molecular weight excluding hydrogens is 530 g/mol. The van der Waals surface area contributed by atoms with Crippen LogP contribution in [-0.4, -0.2) is 23.0 Å². The Balaban J connectivity index is 2.12. The summed E-state index contributed by atoms with van der Waals surface area (Å²) in [7, 11) is 1.60. The van der Waals surface area contributed by atoms with E-state index >= 15 is 0 Å². The maximum Gasteiger partial charge on any atom is 0.282 e. The third-order valence-electron chi connectivity index (χ3n) is 3.74. The molecule has 0 amide bonds. The standard InChI is InChI=1S/C18H14Br3N3O2/c1-3-16-23-15-5-4-11(19)8-12(15)18(25)24(16)22-9-10-6-13(20)17(26-2)14(21)7-10/h4-9H,3H2,1-2H3. The molecule has 0 aliphatic rings. The number of ether oxygens (including phenoxy) is 1. The lowest BCUT2D eigenvalue weighted by Gasteiger charge is -2.09. The van der Waals surface area contributed by atoms with Crippen LogP contribution in [0.15, 0.2) is 53.6 Å². The molecule has 1 heterocycles. The zero-order valence-electron chi connectivity index (χ0n) is 14.0. The molecule has 3 aromatic rings. The summed E-state index contributed by atoms with van der Waals surface area (Å²) >= 11 is 10.3. The molecule has 8 heteroatoms. The monoisotopic (exact) mass is 541 g/mol. The highest BCUT2D eigenvalue weighted by Gasteiger charge is 2.10. The molecule has 0 spiro atoms. The van der Waals surface area contributed by atoms with Crippen LogP contribution in [-0.2, 0) is 6.42 Å². The minimum absolute atomic E-state index is 0.198. The smallest absolute Gasteiger partial charge is 0.282 e. The molecule has 134 valence electrons. The van der Waals surface area contributed by atoms with E-state index in [4.69, 9.17) is 4.74 Å². The van der Waals surface area contributed by atoms with E-state index < -0.39 is 0 Å². The molecule has 0 fully saturated rings. The molecule has 1 aromatic heterocycles. The molecule has 26 heavy (non-hydrogen) atoms. The number of rotatable bonds is 4. The lowest BCUT2D eigenvalue weighted by molar-refractivity contribution is 0.409. The van der Waals surface area contributed by atoms with E-state index in [-0.39, 0.29) is 5.56 Å². The summed E-state index contributed by atoms with van der Waals surface area (Å²) in [6.45, 7) is 1.94. The third-order valence-corrected chi connectivity index (χ3v) is 5.41. The Morgan fingerprint density at radius 1 is 1.19 bits per heavy atom. The van der Waals surface area contributed by atoms with Gasteiger partial charge in [0.2, 0.25) is 0 Å². The Morgan fingerprint density at radius 2 is 1.88 bits per heavy atom. The van der Waals surface area contributed by atoms with Gasteiger partial charge in [-0.15, -0.1) is 0 Å². The zero-order valence-corrected chi connectivity index (χ0v) is 18.7. The van der Waals surface area contributed by atoms with Gasteiger partial charge in [-0.2, -0.15) is 9.78 Å². The minimum Gasteiger partial charge on any atom is -0.494 e. The minimum atomic E-state index is -0.198. The predicted molar refractivity (Wildman–Crippen MR) is 114 cm³/mol. The van der Waals surface area contributed by atoms with Crippen LogP contribution >= 0.6 is 47.8 Å². The van der Waals surface area contributed by atoms with Crippen molar-refractivity contribution in [2.75, 3.05) is 7.11 Å². The van der Waals surface area contributed by atoms with Crippen LogP contribution in [0, 0.1) is 0 Å². The van der Waals surface area contributed by atoms with E-state index in [0.717, 1.165) is 19.0 Å². The second-order valence-electron chi connectivity index (χ2n) is 5.42. The topological polar surface area (TPSA) is 56.5 Å². The zero-order chi connectivity index (χ0) is 18.8. The number of fused-ring (bicyclic) bond motifs is 1. The van der Waals surface area contributed by atoms with Gasteiger partial charge in [-0.3, -0.25) is 4.79 Å². The van der Waals surface area contributed by atoms with Gasteiger partial charge in [0.25, 0.3) is 5.56 Å². The van der Waals surface area contributed by atoms with Gasteiger partial charge >= 0.3 is 0 Å². The normalized spacial score (nSPS) is 11.4. The highest BCUT2D eigenvalue weighted by atomic mass is 79.9. The largest absolute Gasteiger partial charge is 0.494 e. The Morgan fingerprint density at radius 3 is 2.50 bits per heavy atom. The molecule has 5 nitrogen and oxygen atoms in total. The van der Waals surface area contributed by atoms with Gasteiger partial charge in [-0.1, -0.05) is 22.9 Å². The average Bonchev–Trinajstić information content (AvgIpc) is 2.61. The van der Waals surface area contributed by atoms with Gasteiger partial charge in [-0.25, -0.2) is 4.98 Å². The number of halogens is 3. The maximum absolute atomic E-state index is 12.9. The van der Waals surface area contributed by atoms with Crippen LogP contribution in [0.4, 0.5) is 0 Å². The fourth-order valence-electron chi connectivity index (χ4n) is 2.52. The van der Waals surface area contributed by atoms with Crippen molar-refractivity contribution < 1.29 is 4.74 Å². The second-order valence-corrected chi connectivity index (χ2v) is 8.05. The highest BCUT2D eigenvalue weighted by Crippen LogP contribution is 2.33. The van der Waals surface area contributed by atoms with Crippen molar-refractivity contribution >= 4 is 64.9 Å². The summed E-state index contributed by atoms with van der Waals surface area (Å²) < 4.78 is 9.06. The SMILES string of the molecule is CCc1nc2ccc(Br)cc2c(=O)n1N=Cc1cc(Br)c(OC)c(Br)c1. The number of hydrogen-bond donors (Lipinski definition) is 0. The molecule has 0 bridgehead atoms. The van der Waals surface area contributed by atoms with Gasteiger partial charge in [0.1, 0.15) is 11.6 Å². The number of benzene rings is 2. The first kappa shape index (κ1) is 19.3. The molecule has 3 rings (SSSR count). The fraction of sp³-hybridized carbons (Fsp3) is 0.167. The lowest BCUT2D eigenvalue weighted by atomic mass is 10.2. The third kappa shape index (κ3) is 3.77. The summed E-state index contributed by atoms with van der Waals surface area (Å²) in [5.74, 6) is 1.30. The summed E-state index contributed by atoms with van der Waals surface area (Å²) in [5.41, 5.74) is 1.28. The van der Waals surface area contributed by atoms with Crippen molar-refractivity contribution in [1.29, 1.82) is 0 Å². The first-order valence-electron chi connectivity index (χ1n) is 7.73. The van der Waals surface area contributed by atoms with Crippen molar-refractivity contribution in [1.82, 2.24) is 9.66 Å². The summed E-state index contributed by atoms with van der Waals surface area (Å²) in [6, 6.07) is 9.19. The maximum atomic E-state index is 12.9. The molecule has 2 aromatic carbocycles. The van der Waals surface area contributed by atoms with Crippen molar-refractivity contribution in [2.45, 2.75) is 13.3 Å². The van der Waals surface area contributed by atoms with Crippen LogP contribution in [0.2, 0.25) is 0 Å². The first-order valence-corrected chi connectivity index (χ1v) is 10.1. The average molecular weight is 544 g/mol. The lowest BCUT2D eigenvalue weighted by Crippen LogP contribution is -2.22. The van der Waals surface area contributed by atoms with Crippen LogP contribution in [0.1, 0.15) is 18.3 Å². The Kier molecular flexibility index (Phi) is 5.94. The van der Waals surface area contributed by atoms with Gasteiger partial charge in [0.05, 0.1) is 33.2 Å². The second kappa shape index (κ2) is 8.02. The van der Waals surface area contributed by atoms with Crippen molar-refractivity contribution in [3.8, 4) is 5.75 Å². The predicted octanol–water partition coefficient (Wildman–Crippen LogP) is 5.14.